The van der Waals surface area contributed by atoms with E-state index in [2.05, 4.69) is 15.9 Å². The van der Waals surface area contributed by atoms with E-state index >= 15 is 0 Å². The molecule has 0 radical (unpaired) electrons. The van der Waals surface area contributed by atoms with Crippen LogP contribution in [0.1, 0.15) is 5.56 Å². The summed E-state index contributed by atoms with van der Waals surface area (Å²) in [5.41, 5.74) is 6.22. The van der Waals surface area contributed by atoms with Crippen molar-refractivity contribution in [2.24, 2.45) is 5.73 Å². The molecule has 1 unspecified atom stereocenters. The van der Waals surface area contributed by atoms with E-state index in [1.54, 1.807) is 7.05 Å². The number of halogens is 1. The largest absolute Gasteiger partial charge is 0.382 e. The Balaban J connectivity index is 2.64. The zero-order valence-corrected chi connectivity index (χ0v) is 10.6. The van der Waals surface area contributed by atoms with E-state index in [-0.39, 0.29) is 12.5 Å². The molecule has 5 heteroatoms. The summed E-state index contributed by atoms with van der Waals surface area (Å²) in [6.45, 7) is 0.400. The van der Waals surface area contributed by atoms with Crippen LogP contribution < -0.4 is 5.73 Å². The molecular formula is C11H15BrN2O2. The first-order chi connectivity index (χ1) is 7.54. The average molecular weight is 287 g/mol. The lowest BCUT2D eigenvalue weighted by molar-refractivity contribution is -0.138. The number of carbonyl (C=O) groups is 1. The van der Waals surface area contributed by atoms with Gasteiger partial charge in [0.2, 0.25) is 0 Å². The number of amides is 1. The topological polar surface area (TPSA) is 66.6 Å². The van der Waals surface area contributed by atoms with Gasteiger partial charge in [0.15, 0.2) is 0 Å². The van der Waals surface area contributed by atoms with E-state index in [1.807, 2.05) is 24.3 Å². The van der Waals surface area contributed by atoms with Crippen LogP contribution in [0.2, 0.25) is 0 Å². The van der Waals surface area contributed by atoms with Crippen molar-refractivity contribution in [3.05, 3.63) is 34.3 Å². The fraction of sp³-hybridized carbons (Fsp3) is 0.364. The first kappa shape index (κ1) is 13.2. The average Bonchev–Trinajstić information content (AvgIpc) is 2.27. The highest BCUT2D eigenvalue weighted by atomic mass is 79.9. The zero-order valence-electron chi connectivity index (χ0n) is 9.06. The van der Waals surface area contributed by atoms with Crippen LogP contribution in [-0.2, 0) is 11.3 Å². The number of benzene rings is 1. The molecule has 16 heavy (non-hydrogen) atoms. The smallest absolute Gasteiger partial charge is 0.252 e. The zero-order chi connectivity index (χ0) is 12.1. The predicted molar refractivity (Wildman–Crippen MR) is 65.7 cm³/mol. The maximum absolute atomic E-state index is 11.5. The molecule has 1 aromatic carbocycles. The number of nitrogens with two attached hydrogens (primary N) is 1. The van der Waals surface area contributed by atoms with Crippen molar-refractivity contribution in [2.45, 2.75) is 12.6 Å². The van der Waals surface area contributed by atoms with Gasteiger partial charge in [-0.2, -0.15) is 0 Å². The highest BCUT2D eigenvalue weighted by molar-refractivity contribution is 9.10. The van der Waals surface area contributed by atoms with Crippen LogP contribution in [0.15, 0.2) is 28.7 Å². The predicted octanol–water partition coefficient (Wildman–Crippen LogP) is 0.727. The molecule has 1 aromatic rings. The molecule has 0 bridgehead atoms. The molecule has 0 aliphatic rings. The first-order valence-electron chi connectivity index (χ1n) is 4.92. The molecule has 0 aromatic heterocycles. The van der Waals surface area contributed by atoms with Gasteiger partial charge in [0, 0.05) is 24.6 Å². The molecule has 88 valence electrons. The number of aliphatic hydroxyl groups excluding tert-OH is 1. The number of carbonyl (C=O) groups excluding carboxylic acids is 1. The lowest BCUT2D eigenvalue weighted by atomic mass is 10.2. The number of rotatable bonds is 4. The Morgan fingerprint density at radius 1 is 1.62 bits per heavy atom. The van der Waals surface area contributed by atoms with Gasteiger partial charge in [-0.25, -0.2) is 0 Å². The Labute approximate surface area is 103 Å². The van der Waals surface area contributed by atoms with Gasteiger partial charge in [0.1, 0.15) is 6.10 Å². The van der Waals surface area contributed by atoms with Crippen LogP contribution in [0, 0.1) is 0 Å². The summed E-state index contributed by atoms with van der Waals surface area (Å²) >= 11 is 3.36. The summed E-state index contributed by atoms with van der Waals surface area (Å²) in [6.07, 6.45) is -1.11. The van der Waals surface area contributed by atoms with E-state index in [9.17, 15) is 9.90 Å². The molecule has 0 spiro atoms. The highest BCUT2D eigenvalue weighted by Gasteiger charge is 2.17. The molecule has 1 rings (SSSR count). The lowest BCUT2D eigenvalue weighted by Crippen LogP contribution is -2.40. The quantitative estimate of drug-likeness (QED) is 0.858. The summed E-state index contributed by atoms with van der Waals surface area (Å²) in [6, 6.07) is 7.67. The molecule has 4 nitrogen and oxygen atoms in total. The molecular weight excluding hydrogens is 272 g/mol. The first-order valence-corrected chi connectivity index (χ1v) is 5.71. The van der Waals surface area contributed by atoms with E-state index in [1.165, 1.54) is 4.90 Å². The third-order valence-electron chi connectivity index (χ3n) is 2.19. The van der Waals surface area contributed by atoms with Crippen LogP contribution in [0.4, 0.5) is 0 Å². The van der Waals surface area contributed by atoms with Crippen LogP contribution in [0.5, 0.6) is 0 Å². The minimum absolute atomic E-state index is 0.0539. The van der Waals surface area contributed by atoms with Gasteiger partial charge in [-0.3, -0.25) is 4.79 Å². The Bertz CT molecular complexity index is 371. The molecule has 0 aliphatic carbocycles. The third kappa shape index (κ3) is 3.59. The fourth-order valence-electron chi connectivity index (χ4n) is 1.34. The van der Waals surface area contributed by atoms with E-state index in [4.69, 9.17) is 5.73 Å². The van der Waals surface area contributed by atoms with Crippen molar-refractivity contribution in [1.82, 2.24) is 4.90 Å². The maximum atomic E-state index is 11.5. The fourth-order valence-corrected chi connectivity index (χ4v) is 1.79. The number of hydrogen-bond donors (Lipinski definition) is 2. The lowest BCUT2D eigenvalue weighted by Gasteiger charge is -2.20. The normalized spacial score (nSPS) is 12.2. The number of nitrogens with zero attached hydrogens (tertiary/aromatic N) is 1. The van der Waals surface area contributed by atoms with Gasteiger partial charge in [-0.15, -0.1) is 0 Å². The monoisotopic (exact) mass is 286 g/mol. The van der Waals surface area contributed by atoms with Crippen LogP contribution in [0.25, 0.3) is 0 Å². The summed E-state index contributed by atoms with van der Waals surface area (Å²) in [7, 11) is 1.64. The van der Waals surface area contributed by atoms with Gasteiger partial charge in [0.25, 0.3) is 5.91 Å². The van der Waals surface area contributed by atoms with E-state index < -0.39 is 6.10 Å². The van der Waals surface area contributed by atoms with Crippen LogP contribution in [0.3, 0.4) is 0 Å². The van der Waals surface area contributed by atoms with Gasteiger partial charge < -0.3 is 15.7 Å². The molecule has 0 saturated carbocycles. The molecule has 1 atom stereocenters. The Kier molecular flexibility index (Phi) is 4.92. The van der Waals surface area contributed by atoms with Crippen molar-refractivity contribution in [1.29, 1.82) is 0 Å². The van der Waals surface area contributed by atoms with Gasteiger partial charge >= 0.3 is 0 Å². The second kappa shape index (κ2) is 5.98. The van der Waals surface area contributed by atoms with Crippen molar-refractivity contribution >= 4 is 21.8 Å². The van der Waals surface area contributed by atoms with Gasteiger partial charge in [-0.1, -0.05) is 28.1 Å². The molecule has 0 saturated heterocycles. The summed E-state index contributed by atoms with van der Waals surface area (Å²) in [4.78, 5) is 13.0. The van der Waals surface area contributed by atoms with Crippen molar-refractivity contribution in [3.8, 4) is 0 Å². The SMILES string of the molecule is CN(Cc1cccc(Br)c1)C(=O)C(O)CN. The molecule has 0 heterocycles. The Morgan fingerprint density at radius 3 is 2.88 bits per heavy atom. The van der Waals surface area contributed by atoms with Gasteiger partial charge in [-0.05, 0) is 17.7 Å². The number of aliphatic hydroxyl groups is 1. The standard InChI is InChI=1S/C11H15BrN2O2/c1-14(11(16)10(15)6-13)7-8-3-2-4-9(12)5-8/h2-5,10,15H,6-7,13H2,1H3. The second-order valence-corrected chi connectivity index (χ2v) is 4.49. The Morgan fingerprint density at radius 2 is 2.31 bits per heavy atom. The van der Waals surface area contributed by atoms with E-state index in [0.717, 1.165) is 10.0 Å². The highest BCUT2D eigenvalue weighted by Crippen LogP contribution is 2.13. The Hall–Kier alpha value is -0.910. The third-order valence-corrected chi connectivity index (χ3v) is 2.69. The summed E-state index contributed by atoms with van der Waals surface area (Å²) in [5.74, 6) is -0.359. The summed E-state index contributed by atoms with van der Waals surface area (Å²) < 4.78 is 0.963. The molecule has 3 N–H and O–H groups in total. The number of hydrogen-bond acceptors (Lipinski definition) is 3. The van der Waals surface area contributed by atoms with Crippen molar-refractivity contribution in [3.63, 3.8) is 0 Å². The van der Waals surface area contributed by atoms with Crippen molar-refractivity contribution < 1.29 is 9.90 Å². The molecule has 1 amide bonds. The maximum Gasteiger partial charge on any atom is 0.252 e. The minimum atomic E-state index is -1.11. The van der Waals surface area contributed by atoms with Crippen molar-refractivity contribution in [2.75, 3.05) is 13.6 Å². The van der Waals surface area contributed by atoms with Gasteiger partial charge in [0.05, 0.1) is 0 Å². The van der Waals surface area contributed by atoms with Crippen LogP contribution in [-0.4, -0.2) is 35.6 Å². The molecule has 0 fully saturated rings. The summed E-state index contributed by atoms with van der Waals surface area (Å²) in [5, 5.41) is 9.30. The number of likely N-dealkylation sites (N-methyl/N-ethyl adjacent to an activating group) is 1. The molecule has 0 aliphatic heterocycles. The van der Waals surface area contributed by atoms with Crippen LogP contribution >= 0.6 is 15.9 Å². The minimum Gasteiger partial charge on any atom is -0.382 e. The second-order valence-electron chi connectivity index (χ2n) is 3.58. The van der Waals surface area contributed by atoms with E-state index in [0.29, 0.717) is 6.54 Å².